The standard InChI is InChI=1S/C10H5F13O3.C10H6F12O4/c11-1-2(12)5(13,14)3(24)7(17,18)4(25,6(2,15)16)9(21,22)10(23,26)8(3,19)20;11-1-2(23)5(12,13)3(24)7(16,17)4(25,6(2,14)15)9(20,21)10(22,26)8(3,18)19/h24-26H,1H2;23-26H,1H2. The van der Waals surface area contributed by atoms with Crippen LogP contribution in [0.3, 0.4) is 0 Å². The molecule has 7 nitrogen and oxygen atoms in total. The van der Waals surface area contributed by atoms with Gasteiger partial charge in [-0.2, -0.15) is 96.6 Å². The lowest BCUT2D eigenvalue weighted by Crippen LogP contribution is -3.02. The molecule has 4 aliphatic carbocycles. The normalized spacial score (nSPS) is 50.3. The van der Waals surface area contributed by atoms with Crippen LogP contribution in [0.25, 0.3) is 0 Å². The number of fused-ring (bicyclic) bond motifs is 4. The minimum atomic E-state index is -7.49. The fourth-order valence-electron chi connectivity index (χ4n) is 6.14. The number of alkyl halides is 25. The summed E-state index contributed by atoms with van der Waals surface area (Å²) in [6.45, 7) is -7.69. The van der Waals surface area contributed by atoms with E-state index in [-0.39, 0.29) is 0 Å². The number of halogens is 25. The van der Waals surface area contributed by atoms with Gasteiger partial charge in [0.2, 0.25) is 5.60 Å². The summed E-state index contributed by atoms with van der Waals surface area (Å²) < 4.78 is 343. The number of hydrogen-bond acceptors (Lipinski definition) is 7. The summed E-state index contributed by atoms with van der Waals surface area (Å²) >= 11 is 0. The predicted molar refractivity (Wildman–Crippen MR) is 102 cm³/mol. The first kappa shape index (κ1) is 44.4. The third-order valence-electron chi connectivity index (χ3n) is 9.53. The Morgan fingerprint density at radius 3 is 0.615 bits per heavy atom. The van der Waals surface area contributed by atoms with Crippen molar-refractivity contribution < 1.29 is 146 Å². The van der Waals surface area contributed by atoms with Crippen molar-refractivity contribution in [1.82, 2.24) is 0 Å². The zero-order valence-corrected chi connectivity index (χ0v) is 23.0. The van der Waals surface area contributed by atoms with Gasteiger partial charge >= 0.3 is 70.9 Å². The molecule has 32 heteroatoms. The van der Waals surface area contributed by atoms with E-state index in [0.717, 1.165) is 0 Å². The second-order valence-corrected chi connectivity index (χ2v) is 11.8. The minimum absolute atomic E-state index is 3.73. The van der Waals surface area contributed by atoms with E-state index >= 15 is 0 Å². The van der Waals surface area contributed by atoms with Gasteiger partial charge < -0.3 is 35.7 Å². The summed E-state index contributed by atoms with van der Waals surface area (Å²) in [5.41, 5.74) is -41.8. The average molecular weight is 838 g/mol. The Morgan fingerprint density at radius 1 is 0.250 bits per heavy atom. The van der Waals surface area contributed by atoms with E-state index in [4.69, 9.17) is 35.7 Å². The van der Waals surface area contributed by atoms with E-state index in [1.807, 2.05) is 0 Å². The highest BCUT2D eigenvalue weighted by atomic mass is 19.3. The van der Waals surface area contributed by atoms with E-state index in [1.165, 1.54) is 0 Å². The van der Waals surface area contributed by atoms with Gasteiger partial charge in [0.25, 0.3) is 28.1 Å². The van der Waals surface area contributed by atoms with Gasteiger partial charge in [0.1, 0.15) is 13.3 Å². The molecule has 0 radical (unpaired) electrons. The Morgan fingerprint density at radius 2 is 0.442 bits per heavy atom. The van der Waals surface area contributed by atoms with Crippen molar-refractivity contribution in [3.63, 3.8) is 0 Å². The van der Waals surface area contributed by atoms with E-state index in [0.29, 0.717) is 0 Å². The van der Waals surface area contributed by atoms with Crippen LogP contribution in [-0.4, -0.2) is 154 Å². The summed E-state index contributed by atoms with van der Waals surface area (Å²) in [5, 5.41) is 62.4. The summed E-state index contributed by atoms with van der Waals surface area (Å²) in [7, 11) is 0. The molecule has 4 atom stereocenters. The molecule has 0 saturated heterocycles. The maximum Gasteiger partial charge on any atom is 0.352 e. The average Bonchev–Trinajstić information content (AvgIpc) is 2.98. The fraction of sp³-hybridized carbons (Fsp3) is 1.00. The van der Waals surface area contributed by atoms with Crippen LogP contribution in [0, 0.1) is 0 Å². The molecule has 0 heterocycles. The van der Waals surface area contributed by atoms with Crippen molar-refractivity contribution in [1.29, 1.82) is 0 Å². The molecular formula is C20H11F25O7. The van der Waals surface area contributed by atoms with Crippen molar-refractivity contribution in [2.24, 2.45) is 0 Å². The molecule has 0 aromatic rings. The lowest BCUT2D eigenvalue weighted by molar-refractivity contribution is -0.585. The van der Waals surface area contributed by atoms with Crippen LogP contribution in [0.2, 0.25) is 0 Å². The largest absolute Gasteiger partial charge is 0.376 e. The van der Waals surface area contributed by atoms with Gasteiger partial charge in [-0.05, 0) is 0 Å². The Labute approximate surface area is 264 Å². The quantitative estimate of drug-likeness (QED) is 0.212. The van der Waals surface area contributed by atoms with Crippen LogP contribution in [0.1, 0.15) is 0 Å². The Bertz CT molecular complexity index is 1310. The van der Waals surface area contributed by atoms with Crippen LogP contribution < -0.4 is 0 Å². The van der Waals surface area contributed by atoms with Crippen LogP contribution in [0.15, 0.2) is 0 Å². The molecule has 4 aliphatic rings. The molecule has 4 fully saturated rings. The molecule has 0 aromatic carbocycles. The van der Waals surface area contributed by atoms with Crippen LogP contribution in [0.5, 0.6) is 0 Å². The van der Waals surface area contributed by atoms with Gasteiger partial charge in [0.15, 0.2) is 0 Å². The molecule has 4 bridgehead atoms. The topological polar surface area (TPSA) is 142 Å². The molecule has 4 rings (SSSR count). The molecule has 0 aliphatic heterocycles. The highest BCUT2D eigenvalue weighted by Gasteiger charge is 3.13. The maximum atomic E-state index is 14.0. The predicted octanol–water partition coefficient (Wildman–Crippen LogP) is 3.00. The van der Waals surface area contributed by atoms with Gasteiger partial charge in [-0.25, -0.2) is 13.2 Å². The maximum absolute atomic E-state index is 14.0. The van der Waals surface area contributed by atoms with Crippen molar-refractivity contribution in [3.05, 3.63) is 0 Å². The van der Waals surface area contributed by atoms with Crippen LogP contribution >= 0.6 is 0 Å². The lowest BCUT2D eigenvalue weighted by atomic mass is 9.50. The molecule has 52 heavy (non-hydrogen) atoms. The third-order valence-corrected chi connectivity index (χ3v) is 9.53. The lowest BCUT2D eigenvalue weighted by Gasteiger charge is -2.67. The van der Waals surface area contributed by atoms with E-state index in [9.17, 15) is 110 Å². The highest BCUT2D eigenvalue weighted by Crippen LogP contribution is 2.79. The van der Waals surface area contributed by atoms with Crippen molar-refractivity contribution in [2.75, 3.05) is 13.3 Å². The molecule has 4 unspecified atom stereocenters. The smallest absolute Gasteiger partial charge is 0.352 e. The van der Waals surface area contributed by atoms with Crippen molar-refractivity contribution >= 4 is 0 Å². The van der Waals surface area contributed by atoms with Gasteiger partial charge in [-0.15, -0.1) is 0 Å². The van der Waals surface area contributed by atoms with E-state index in [2.05, 4.69) is 0 Å². The first-order valence-electron chi connectivity index (χ1n) is 12.2. The third kappa shape index (κ3) is 3.13. The summed E-state index contributed by atoms with van der Waals surface area (Å²) in [4.78, 5) is 0. The van der Waals surface area contributed by atoms with E-state index in [1.54, 1.807) is 0 Å². The number of rotatable bonds is 2. The van der Waals surface area contributed by atoms with Gasteiger partial charge in [0.05, 0.1) is 0 Å². The van der Waals surface area contributed by atoms with Crippen LogP contribution in [0.4, 0.5) is 110 Å². The van der Waals surface area contributed by atoms with Gasteiger partial charge in [-0.1, -0.05) is 0 Å². The Hall–Kier alpha value is -2.03. The minimum Gasteiger partial charge on any atom is -0.376 e. The van der Waals surface area contributed by atoms with Crippen LogP contribution in [-0.2, 0) is 0 Å². The summed E-state index contributed by atoms with van der Waals surface area (Å²) in [5.74, 6) is -88.2. The molecular weight excluding hydrogens is 827 g/mol. The molecule has 7 N–H and O–H groups in total. The Kier molecular flexibility index (Phi) is 8.25. The fourth-order valence-corrected chi connectivity index (χ4v) is 6.14. The van der Waals surface area contributed by atoms with E-state index < -0.39 is 118 Å². The molecule has 0 spiro atoms. The highest BCUT2D eigenvalue weighted by molar-refractivity contribution is 5.44. The molecule has 0 amide bonds. The number of aliphatic hydroxyl groups is 7. The number of hydrogen-bond donors (Lipinski definition) is 7. The zero-order chi connectivity index (χ0) is 42.4. The first-order valence-corrected chi connectivity index (χ1v) is 12.2. The summed E-state index contributed by atoms with van der Waals surface area (Å²) in [6, 6.07) is 0. The monoisotopic (exact) mass is 838 g/mol. The SMILES string of the molecule is OC1(F)C(F)(F)C2(O)C(F)(F)C(F)(CF)C(F)(F)C(O)(C1(F)F)C2(F)F.OC1(F)C(F)(F)C2(O)C(F)(F)C(O)(CF)C(F)(F)C(O)(C1(F)F)C2(F)F. The molecule has 0 aromatic heterocycles. The zero-order valence-electron chi connectivity index (χ0n) is 23.0. The molecule has 4 saturated carbocycles. The molecule has 308 valence electrons. The first-order chi connectivity index (χ1) is 22.1. The van der Waals surface area contributed by atoms with Crippen molar-refractivity contribution in [3.8, 4) is 0 Å². The second-order valence-electron chi connectivity index (χ2n) is 11.8. The second kappa shape index (κ2) is 9.67. The van der Waals surface area contributed by atoms with Crippen molar-refractivity contribution in [2.45, 2.75) is 105 Å². The van der Waals surface area contributed by atoms with Gasteiger partial charge in [0, 0.05) is 0 Å². The van der Waals surface area contributed by atoms with Gasteiger partial charge in [-0.3, -0.25) is 0 Å². The Balaban J connectivity index is 0.000000280. The summed E-state index contributed by atoms with van der Waals surface area (Å²) in [6.07, 6.45) is 0.